The monoisotopic (exact) mass is 202 g/mol. The maximum atomic E-state index is 10.8. The minimum atomic E-state index is 0.526. The smallest absolute Gasteiger partial charge is 0.150 e. The lowest BCUT2D eigenvalue weighted by Crippen LogP contribution is -2.12. The topological polar surface area (TPSA) is 34.1 Å². The van der Waals surface area contributed by atoms with E-state index in [1.54, 1.807) is 0 Å². The first-order valence-electron chi connectivity index (χ1n) is 5.30. The van der Waals surface area contributed by atoms with Gasteiger partial charge in [0.2, 0.25) is 0 Å². The molecule has 78 valence electrons. The summed E-state index contributed by atoms with van der Waals surface area (Å²) in [4.78, 5) is 21.6. The van der Waals surface area contributed by atoms with E-state index < -0.39 is 0 Å². The molecule has 2 nitrogen and oxygen atoms in total. The molecule has 0 spiro atoms. The molecule has 2 heteroatoms. The van der Waals surface area contributed by atoms with E-state index in [1.807, 2.05) is 12.1 Å². The predicted molar refractivity (Wildman–Crippen MR) is 58.4 cm³/mol. The Morgan fingerprint density at radius 1 is 1.13 bits per heavy atom. The fourth-order valence-corrected chi connectivity index (χ4v) is 2.23. The molecule has 0 N–H and O–H groups in total. The molecule has 0 aliphatic heterocycles. The second kappa shape index (κ2) is 3.97. The molecular formula is C13H14O2. The van der Waals surface area contributed by atoms with Gasteiger partial charge in [0, 0.05) is 11.1 Å². The van der Waals surface area contributed by atoms with Crippen LogP contribution in [0.1, 0.15) is 45.2 Å². The third-order valence-corrected chi connectivity index (χ3v) is 3.13. The predicted octanol–water partition coefficient (Wildman–Crippen LogP) is 2.44. The molecule has 0 heterocycles. The third-order valence-electron chi connectivity index (χ3n) is 3.13. The molecule has 1 aliphatic rings. The summed E-state index contributed by atoms with van der Waals surface area (Å²) in [5.74, 6) is 0.680. The van der Waals surface area contributed by atoms with Crippen molar-refractivity contribution in [3.63, 3.8) is 0 Å². The van der Waals surface area contributed by atoms with Crippen molar-refractivity contribution in [2.75, 3.05) is 0 Å². The first-order chi connectivity index (χ1) is 7.24. The lowest BCUT2D eigenvalue weighted by molar-refractivity contribution is 0.109. The van der Waals surface area contributed by atoms with Crippen LogP contribution in [0.25, 0.3) is 0 Å². The molecule has 1 atom stereocenters. The molecule has 1 aliphatic carbocycles. The van der Waals surface area contributed by atoms with Crippen LogP contribution in [0.5, 0.6) is 0 Å². The lowest BCUT2D eigenvalue weighted by Gasteiger charge is -2.22. The van der Waals surface area contributed by atoms with Gasteiger partial charge in [0.05, 0.1) is 0 Å². The van der Waals surface area contributed by atoms with Crippen LogP contribution in [0.4, 0.5) is 0 Å². The molecular weight excluding hydrogens is 188 g/mol. The number of aldehydes is 2. The molecule has 1 aromatic rings. The number of rotatable bonds is 2. The summed E-state index contributed by atoms with van der Waals surface area (Å²) in [6, 6.07) is 3.75. The van der Waals surface area contributed by atoms with Crippen molar-refractivity contribution in [1.82, 2.24) is 0 Å². The average molecular weight is 202 g/mol. The Kier molecular flexibility index (Phi) is 2.67. The van der Waals surface area contributed by atoms with Gasteiger partial charge >= 0.3 is 0 Å². The Morgan fingerprint density at radius 3 is 2.33 bits per heavy atom. The SMILES string of the molecule is CC1CCc2cc(C=O)c(C=O)cc2C1. The van der Waals surface area contributed by atoms with E-state index in [0.717, 1.165) is 25.4 Å². The zero-order chi connectivity index (χ0) is 10.8. The second-order valence-corrected chi connectivity index (χ2v) is 4.33. The summed E-state index contributed by atoms with van der Waals surface area (Å²) in [6.07, 6.45) is 4.75. The Morgan fingerprint density at radius 2 is 1.73 bits per heavy atom. The van der Waals surface area contributed by atoms with Gasteiger partial charge in [0.25, 0.3) is 0 Å². The first-order valence-corrected chi connectivity index (χ1v) is 5.30. The van der Waals surface area contributed by atoms with Gasteiger partial charge in [-0.3, -0.25) is 9.59 Å². The minimum Gasteiger partial charge on any atom is -0.298 e. The average Bonchev–Trinajstić information content (AvgIpc) is 2.27. The Bertz CT molecular complexity index is 407. The van der Waals surface area contributed by atoms with E-state index in [1.165, 1.54) is 17.5 Å². The van der Waals surface area contributed by atoms with Gasteiger partial charge in [-0.1, -0.05) is 6.92 Å². The van der Waals surface area contributed by atoms with E-state index in [0.29, 0.717) is 17.0 Å². The number of aryl methyl sites for hydroxylation is 1. The Hall–Kier alpha value is -1.44. The highest BCUT2D eigenvalue weighted by Crippen LogP contribution is 2.27. The van der Waals surface area contributed by atoms with Gasteiger partial charge < -0.3 is 0 Å². The summed E-state index contributed by atoms with van der Waals surface area (Å²) in [5, 5.41) is 0. The highest BCUT2D eigenvalue weighted by atomic mass is 16.1. The summed E-state index contributed by atoms with van der Waals surface area (Å²) in [5.41, 5.74) is 3.53. The quantitative estimate of drug-likeness (QED) is 0.690. The van der Waals surface area contributed by atoms with E-state index in [-0.39, 0.29) is 0 Å². The van der Waals surface area contributed by atoms with Crippen LogP contribution in [0.3, 0.4) is 0 Å². The third kappa shape index (κ3) is 1.84. The summed E-state index contributed by atoms with van der Waals surface area (Å²) >= 11 is 0. The van der Waals surface area contributed by atoms with Crippen LogP contribution >= 0.6 is 0 Å². The summed E-state index contributed by atoms with van der Waals surface area (Å²) in [6.45, 7) is 2.22. The van der Waals surface area contributed by atoms with Crippen molar-refractivity contribution in [3.05, 3.63) is 34.4 Å². The van der Waals surface area contributed by atoms with Crippen LogP contribution in [0, 0.1) is 5.92 Å². The molecule has 1 aromatic carbocycles. The van der Waals surface area contributed by atoms with Gasteiger partial charge in [0.1, 0.15) is 0 Å². The number of fused-ring (bicyclic) bond motifs is 1. The first kappa shape index (κ1) is 10.1. The van der Waals surface area contributed by atoms with Crippen molar-refractivity contribution in [1.29, 1.82) is 0 Å². The van der Waals surface area contributed by atoms with Crippen LogP contribution in [-0.2, 0) is 12.8 Å². The van der Waals surface area contributed by atoms with Crippen LogP contribution in [0.2, 0.25) is 0 Å². The van der Waals surface area contributed by atoms with E-state index in [2.05, 4.69) is 6.92 Å². The molecule has 15 heavy (non-hydrogen) atoms. The van der Waals surface area contributed by atoms with Crippen molar-refractivity contribution in [2.45, 2.75) is 26.2 Å². The molecule has 0 aromatic heterocycles. The molecule has 2 rings (SSSR count). The van der Waals surface area contributed by atoms with Gasteiger partial charge in [0.15, 0.2) is 12.6 Å². The lowest BCUT2D eigenvalue weighted by atomic mass is 9.83. The van der Waals surface area contributed by atoms with Crippen molar-refractivity contribution < 1.29 is 9.59 Å². The van der Waals surface area contributed by atoms with E-state index >= 15 is 0 Å². The standard InChI is InChI=1S/C13H14O2/c1-9-2-3-10-5-12(7-14)13(8-15)6-11(10)4-9/h5-9H,2-4H2,1H3. The molecule has 0 amide bonds. The molecule has 0 fully saturated rings. The fourth-order valence-electron chi connectivity index (χ4n) is 2.23. The minimum absolute atomic E-state index is 0.526. The van der Waals surface area contributed by atoms with Gasteiger partial charge in [-0.15, -0.1) is 0 Å². The number of carbonyl (C=O) groups excluding carboxylic acids is 2. The number of hydrogen-bond acceptors (Lipinski definition) is 2. The maximum absolute atomic E-state index is 10.8. The zero-order valence-electron chi connectivity index (χ0n) is 8.82. The van der Waals surface area contributed by atoms with E-state index in [4.69, 9.17) is 0 Å². The summed E-state index contributed by atoms with van der Waals surface area (Å²) < 4.78 is 0. The van der Waals surface area contributed by atoms with Crippen LogP contribution in [-0.4, -0.2) is 12.6 Å². The Labute approximate surface area is 89.3 Å². The molecule has 1 unspecified atom stereocenters. The maximum Gasteiger partial charge on any atom is 0.150 e. The molecule has 0 radical (unpaired) electrons. The normalized spacial score (nSPS) is 19.4. The van der Waals surface area contributed by atoms with Crippen molar-refractivity contribution in [3.8, 4) is 0 Å². The van der Waals surface area contributed by atoms with E-state index in [9.17, 15) is 9.59 Å². The van der Waals surface area contributed by atoms with Crippen LogP contribution in [0.15, 0.2) is 12.1 Å². The van der Waals surface area contributed by atoms with Gasteiger partial charge in [-0.05, 0) is 48.4 Å². The largest absolute Gasteiger partial charge is 0.298 e. The number of carbonyl (C=O) groups is 2. The van der Waals surface area contributed by atoms with Gasteiger partial charge in [-0.2, -0.15) is 0 Å². The van der Waals surface area contributed by atoms with Crippen molar-refractivity contribution in [2.24, 2.45) is 5.92 Å². The second-order valence-electron chi connectivity index (χ2n) is 4.33. The zero-order valence-corrected chi connectivity index (χ0v) is 8.82. The molecule has 0 saturated heterocycles. The highest BCUT2D eigenvalue weighted by molar-refractivity contribution is 5.90. The Balaban J connectivity index is 2.49. The number of hydrogen-bond donors (Lipinski definition) is 0. The molecule has 0 bridgehead atoms. The van der Waals surface area contributed by atoms with Crippen molar-refractivity contribution >= 4 is 12.6 Å². The summed E-state index contributed by atoms with van der Waals surface area (Å²) in [7, 11) is 0. The fraction of sp³-hybridized carbons (Fsp3) is 0.385. The number of benzene rings is 1. The molecule has 0 saturated carbocycles. The van der Waals surface area contributed by atoms with Gasteiger partial charge in [-0.25, -0.2) is 0 Å². The highest BCUT2D eigenvalue weighted by Gasteiger charge is 2.17. The van der Waals surface area contributed by atoms with Crippen LogP contribution < -0.4 is 0 Å².